The van der Waals surface area contributed by atoms with Gasteiger partial charge in [-0.2, -0.15) is 0 Å². The zero-order valence-electron chi connectivity index (χ0n) is 6.50. The Morgan fingerprint density at radius 1 is 1.25 bits per heavy atom. The predicted molar refractivity (Wildman–Crippen MR) is 59.1 cm³/mol. The Labute approximate surface area is 86.1 Å². The average Bonchev–Trinajstić information content (AvgIpc) is 2.56. The lowest BCUT2D eigenvalue weighted by atomic mass is 10.2. The maximum atomic E-state index is 5.90. The molecule has 0 radical (unpaired) electrons. The summed E-state index contributed by atoms with van der Waals surface area (Å²) in [4.78, 5) is 0. The first kappa shape index (κ1) is 8.79. The summed E-state index contributed by atoms with van der Waals surface area (Å²) in [6.07, 6.45) is 0. The third-order valence-corrected chi connectivity index (χ3v) is 5.08. The fourth-order valence-corrected chi connectivity index (χ4v) is 4.24. The van der Waals surface area contributed by atoms with E-state index >= 15 is 0 Å². The Kier molecular flexibility index (Phi) is 2.89. The van der Waals surface area contributed by atoms with Crippen molar-refractivity contribution >= 4 is 35.1 Å². The lowest BCUT2D eigenvalue weighted by molar-refractivity contribution is 1.39. The quantitative estimate of drug-likeness (QED) is 0.700. The molecule has 3 heteroatoms. The van der Waals surface area contributed by atoms with E-state index in [1.807, 2.05) is 35.7 Å². The second-order valence-electron chi connectivity index (χ2n) is 2.63. The second-order valence-corrected chi connectivity index (χ2v) is 5.79. The van der Waals surface area contributed by atoms with Gasteiger partial charge >= 0.3 is 0 Å². The molecule has 0 bridgehead atoms. The standard InChI is InChI=1S/C9H9ClS2/c10-8-3-1-2-7(6-8)9-11-4-5-12-9/h1-3,6,9H,4-5H2. The SMILES string of the molecule is Clc1cccc(C2SCCS2)c1. The topological polar surface area (TPSA) is 0 Å². The van der Waals surface area contributed by atoms with Gasteiger partial charge in [-0.05, 0) is 17.7 Å². The van der Waals surface area contributed by atoms with Crippen molar-refractivity contribution < 1.29 is 0 Å². The molecule has 0 saturated carbocycles. The molecule has 0 nitrogen and oxygen atoms in total. The first-order valence-electron chi connectivity index (χ1n) is 3.85. The molecule has 64 valence electrons. The maximum absolute atomic E-state index is 5.90. The molecule has 0 spiro atoms. The van der Waals surface area contributed by atoms with E-state index in [0.717, 1.165) is 5.02 Å². The molecule has 0 N–H and O–H groups in total. The minimum Gasteiger partial charge on any atom is -0.142 e. The second kappa shape index (κ2) is 3.95. The van der Waals surface area contributed by atoms with Gasteiger partial charge in [0.15, 0.2) is 0 Å². The molecule has 2 rings (SSSR count). The van der Waals surface area contributed by atoms with Crippen molar-refractivity contribution in [3.05, 3.63) is 34.9 Å². The molecule has 12 heavy (non-hydrogen) atoms. The Morgan fingerprint density at radius 2 is 2.00 bits per heavy atom. The van der Waals surface area contributed by atoms with Gasteiger partial charge in [0.2, 0.25) is 0 Å². The van der Waals surface area contributed by atoms with Crippen LogP contribution in [0.25, 0.3) is 0 Å². The summed E-state index contributed by atoms with van der Waals surface area (Å²) in [5, 5.41) is 0.848. The van der Waals surface area contributed by atoms with Crippen molar-refractivity contribution in [3.63, 3.8) is 0 Å². The number of hydrogen-bond donors (Lipinski definition) is 0. The number of hydrogen-bond acceptors (Lipinski definition) is 2. The third kappa shape index (κ3) is 1.93. The minimum absolute atomic E-state index is 0.615. The molecule has 0 atom stereocenters. The van der Waals surface area contributed by atoms with Crippen molar-refractivity contribution in [1.29, 1.82) is 0 Å². The smallest absolute Gasteiger partial charge is 0.0752 e. The van der Waals surface area contributed by atoms with Gasteiger partial charge in [-0.3, -0.25) is 0 Å². The summed E-state index contributed by atoms with van der Waals surface area (Å²) in [5.74, 6) is 2.53. The van der Waals surface area contributed by atoms with E-state index in [2.05, 4.69) is 12.1 Å². The molecule has 1 aromatic rings. The third-order valence-electron chi connectivity index (χ3n) is 1.74. The van der Waals surface area contributed by atoms with Gasteiger partial charge in [-0.1, -0.05) is 23.7 Å². The fourth-order valence-electron chi connectivity index (χ4n) is 1.20. The molecule has 1 aliphatic rings. The largest absolute Gasteiger partial charge is 0.142 e. The summed E-state index contributed by atoms with van der Waals surface area (Å²) < 4.78 is 0.615. The van der Waals surface area contributed by atoms with Gasteiger partial charge in [-0.15, -0.1) is 23.5 Å². The Morgan fingerprint density at radius 3 is 2.67 bits per heavy atom. The van der Waals surface area contributed by atoms with Crippen LogP contribution >= 0.6 is 35.1 Å². The highest BCUT2D eigenvalue weighted by atomic mass is 35.5. The summed E-state index contributed by atoms with van der Waals surface area (Å²) in [5.41, 5.74) is 1.36. The Hall–Kier alpha value is 0.210. The molecule has 0 unspecified atom stereocenters. The van der Waals surface area contributed by atoms with Gasteiger partial charge < -0.3 is 0 Å². The van der Waals surface area contributed by atoms with Crippen LogP contribution in [0.1, 0.15) is 10.1 Å². The molecular formula is C9H9ClS2. The van der Waals surface area contributed by atoms with Crippen molar-refractivity contribution in [2.75, 3.05) is 11.5 Å². The molecule has 0 amide bonds. The molecule has 1 aromatic carbocycles. The van der Waals surface area contributed by atoms with Gasteiger partial charge in [0.25, 0.3) is 0 Å². The van der Waals surface area contributed by atoms with Crippen LogP contribution in [0, 0.1) is 0 Å². The lowest BCUT2D eigenvalue weighted by Gasteiger charge is -2.07. The van der Waals surface area contributed by atoms with Gasteiger partial charge in [0.1, 0.15) is 0 Å². The van der Waals surface area contributed by atoms with E-state index in [-0.39, 0.29) is 0 Å². The Balaban J connectivity index is 2.21. The van der Waals surface area contributed by atoms with Crippen LogP contribution in [0.4, 0.5) is 0 Å². The normalized spacial score (nSPS) is 18.4. The lowest BCUT2D eigenvalue weighted by Crippen LogP contribution is -1.83. The number of thioether (sulfide) groups is 2. The van der Waals surface area contributed by atoms with Crippen molar-refractivity contribution in [1.82, 2.24) is 0 Å². The van der Waals surface area contributed by atoms with Crippen molar-refractivity contribution in [2.45, 2.75) is 4.58 Å². The highest BCUT2D eigenvalue weighted by molar-refractivity contribution is 8.19. The maximum Gasteiger partial charge on any atom is 0.0752 e. The van der Waals surface area contributed by atoms with Crippen molar-refractivity contribution in [3.8, 4) is 0 Å². The molecule has 0 aromatic heterocycles. The molecule has 1 heterocycles. The molecule has 1 aliphatic heterocycles. The van der Waals surface area contributed by atoms with Gasteiger partial charge in [-0.25, -0.2) is 0 Å². The Bertz CT molecular complexity index is 269. The van der Waals surface area contributed by atoms with E-state index in [0.29, 0.717) is 4.58 Å². The van der Waals surface area contributed by atoms with E-state index < -0.39 is 0 Å². The summed E-state index contributed by atoms with van der Waals surface area (Å²) in [7, 11) is 0. The van der Waals surface area contributed by atoms with Gasteiger partial charge in [0.05, 0.1) is 4.58 Å². The van der Waals surface area contributed by atoms with E-state index in [1.54, 1.807) is 0 Å². The van der Waals surface area contributed by atoms with Crippen LogP contribution in [0.5, 0.6) is 0 Å². The van der Waals surface area contributed by atoms with Crippen LogP contribution in [-0.4, -0.2) is 11.5 Å². The highest BCUT2D eigenvalue weighted by Crippen LogP contribution is 2.45. The van der Waals surface area contributed by atoms with Crippen LogP contribution in [0.3, 0.4) is 0 Å². The summed E-state index contributed by atoms with van der Waals surface area (Å²) >= 11 is 9.92. The zero-order chi connectivity index (χ0) is 8.39. The fraction of sp³-hybridized carbons (Fsp3) is 0.333. The first-order chi connectivity index (χ1) is 5.86. The van der Waals surface area contributed by atoms with E-state index in [9.17, 15) is 0 Å². The molecule has 0 aliphatic carbocycles. The predicted octanol–water partition coefficient (Wildman–Crippen LogP) is 3.82. The van der Waals surface area contributed by atoms with Crippen LogP contribution in [-0.2, 0) is 0 Å². The first-order valence-corrected chi connectivity index (χ1v) is 6.32. The molecular weight excluding hydrogens is 208 g/mol. The highest BCUT2D eigenvalue weighted by Gasteiger charge is 2.17. The molecule has 1 fully saturated rings. The summed E-state index contributed by atoms with van der Waals surface area (Å²) in [6.45, 7) is 0. The summed E-state index contributed by atoms with van der Waals surface area (Å²) in [6, 6.07) is 8.17. The van der Waals surface area contributed by atoms with Crippen LogP contribution < -0.4 is 0 Å². The monoisotopic (exact) mass is 216 g/mol. The number of halogens is 1. The molecule has 1 saturated heterocycles. The van der Waals surface area contributed by atoms with Crippen molar-refractivity contribution in [2.24, 2.45) is 0 Å². The van der Waals surface area contributed by atoms with E-state index in [4.69, 9.17) is 11.6 Å². The van der Waals surface area contributed by atoms with Gasteiger partial charge in [0, 0.05) is 16.5 Å². The van der Waals surface area contributed by atoms with Crippen LogP contribution in [0.2, 0.25) is 5.02 Å². The number of benzene rings is 1. The zero-order valence-corrected chi connectivity index (χ0v) is 8.88. The number of rotatable bonds is 1. The van der Waals surface area contributed by atoms with Crippen LogP contribution in [0.15, 0.2) is 24.3 Å². The average molecular weight is 217 g/mol. The minimum atomic E-state index is 0.615. The van der Waals surface area contributed by atoms with E-state index in [1.165, 1.54) is 17.1 Å².